The van der Waals surface area contributed by atoms with Crippen LogP contribution in [0.2, 0.25) is 0 Å². The Morgan fingerprint density at radius 1 is 1.33 bits per heavy atom. The van der Waals surface area contributed by atoms with Crippen molar-refractivity contribution in [3.8, 4) is 0 Å². The van der Waals surface area contributed by atoms with E-state index in [1.54, 1.807) is 6.33 Å². The van der Waals surface area contributed by atoms with E-state index in [1.807, 2.05) is 31.2 Å². The standard InChI is InChI=1S/C17H20N6O/c1-11(16-22-18-10-23(16)12-6-2-3-7-12)19-17(24)15-13-8-4-5-9-14(13)20-21-15/h4-5,8-12H,2-3,6-7H2,1H3,(H,19,24)(H,20,21). The molecule has 1 amide bonds. The summed E-state index contributed by atoms with van der Waals surface area (Å²) in [5.41, 5.74) is 1.26. The highest BCUT2D eigenvalue weighted by Gasteiger charge is 2.24. The Morgan fingerprint density at radius 3 is 2.96 bits per heavy atom. The van der Waals surface area contributed by atoms with Gasteiger partial charge >= 0.3 is 0 Å². The molecule has 1 aliphatic rings. The number of H-pyrrole nitrogens is 1. The molecule has 7 heteroatoms. The number of nitrogens with one attached hydrogen (secondary N) is 2. The first-order chi connectivity index (χ1) is 11.7. The molecule has 3 aromatic rings. The minimum atomic E-state index is -0.226. The van der Waals surface area contributed by atoms with E-state index in [2.05, 4.69) is 30.3 Å². The molecule has 1 aliphatic carbocycles. The maximum Gasteiger partial charge on any atom is 0.273 e. The summed E-state index contributed by atoms with van der Waals surface area (Å²) in [6.07, 6.45) is 6.55. The highest BCUT2D eigenvalue weighted by molar-refractivity contribution is 6.04. The number of fused-ring (bicyclic) bond motifs is 1. The zero-order valence-corrected chi connectivity index (χ0v) is 13.6. The third kappa shape index (κ3) is 2.55. The van der Waals surface area contributed by atoms with E-state index in [-0.39, 0.29) is 11.9 Å². The van der Waals surface area contributed by atoms with Crippen molar-refractivity contribution in [3.63, 3.8) is 0 Å². The lowest BCUT2D eigenvalue weighted by molar-refractivity contribution is 0.0933. The Labute approximate surface area is 139 Å². The number of benzene rings is 1. The average molecular weight is 324 g/mol. The van der Waals surface area contributed by atoms with E-state index in [0.29, 0.717) is 11.7 Å². The quantitative estimate of drug-likeness (QED) is 0.772. The van der Waals surface area contributed by atoms with E-state index in [9.17, 15) is 4.79 Å². The van der Waals surface area contributed by atoms with Gasteiger partial charge in [0.2, 0.25) is 0 Å². The molecular weight excluding hydrogens is 304 g/mol. The van der Waals surface area contributed by atoms with Crippen LogP contribution in [0.15, 0.2) is 30.6 Å². The fourth-order valence-electron chi connectivity index (χ4n) is 3.49. The lowest BCUT2D eigenvalue weighted by atomic mass is 10.2. The van der Waals surface area contributed by atoms with Crippen LogP contribution in [0.25, 0.3) is 10.9 Å². The van der Waals surface area contributed by atoms with Crippen LogP contribution in [-0.2, 0) is 0 Å². The number of hydrogen-bond acceptors (Lipinski definition) is 4. The molecule has 2 aromatic heterocycles. The smallest absolute Gasteiger partial charge is 0.273 e. The van der Waals surface area contributed by atoms with Gasteiger partial charge in [0.15, 0.2) is 11.5 Å². The van der Waals surface area contributed by atoms with Crippen LogP contribution in [0.5, 0.6) is 0 Å². The fourth-order valence-corrected chi connectivity index (χ4v) is 3.49. The third-order valence-corrected chi connectivity index (χ3v) is 4.74. The molecule has 7 nitrogen and oxygen atoms in total. The third-order valence-electron chi connectivity index (χ3n) is 4.74. The predicted octanol–water partition coefficient (Wildman–Crippen LogP) is 2.76. The Morgan fingerprint density at radius 2 is 2.12 bits per heavy atom. The first kappa shape index (κ1) is 14.9. The van der Waals surface area contributed by atoms with Crippen LogP contribution in [0, 0.1) is 0 Å². The SMILES string of the molecule is CC(NC(=O)c1n[nH]c2ccccc12)c1nncn1C1CCCC1. The molecule has 24 heavy (non-hydrogen) atoms. The molecule has 0 spiro atoms. The Bertz CT molecular complexity index is 861. The number of para-hydroxylation sites is 1. The highest BCUT2D eigenvalue weighted by Crippen LogP contribution is 2.31. The zero-order chi connectivity index (χ0) is 16.5. The van der Waals surface area contributed by atoms with Crippen molar-refractivity contribution in [2.75, 3.05) is 0 Å². The molecular formula is C17H20N6O. The van der Waals surface area contributed by atoms with Crippen molar-refractivity contribution in [2.45, 2.75) is 44.7 Å². The first-order valence-corrected chi connectivity index (χ1v) is 8.37. The van der Waals surface area contributed by atoms with E-state index in [1.165, 1.54) is 12.8 Å². The van der Waals surface area contributed by atoms with Crippen LogP contribution >= 0.6 is 0 Å². The second kappa shape index (κ2) is 6.07. The summed E-state index contributed by atoms with van der Waals surface area (Å²) < 4.78 is 2.11. The summed E-state index contributed by atoms with van der Waals surface area (Å²) in [6, 6.07) is 7.82. The van der Waals surface area contributed by atoms with E-state index in [4.69, 9.17) is 0 Å². The molecule has 1 saturated carbocycles. The topological polar surface area (TPSA) is 88.5 Å². The summed E-state index contributed by atoms with van der Waals surface area (Å²) in [7, 11) is 0. The summed E-state index contributed by atoms with van der Waals surface area (Å²) in [6.45, 7) is 1.93. The number of carbonyl (C=O) groups is 1. The van der Waals surface area contributed by atoms with Crippen molar-refractivity contribution < 1.29 is 4.79 Å². The average Bonchev–Trinajstić information content (AvgIpc) is 3.33. The van der Waals surface area contributed by atoms with Crippen molar-refractivity contribution >= 4 is 16.8 Å². The number of rotatable bonds is 4. The van der Waals surface area contributed by atoms with Gasteiger partial charge in [0.25, 0.3) is 5.91 Å². The Kier molecular flexibility index (Phi) is 3.76. The molecule has 1 atom stereocenters. The normalized spacial score (nSPS) is 16.5. The second-order valence-electron chi connectivity index (χ2n) is 6.35. The minimum absolute atomic E-state index is 0.207. The van der Waals surface area contributed by atoms with Gasteiger partial charge in [-0.3, -0.25) is 9.89 Å². The van der Waals surface area contributed by atoms with Crippen LogP contribution < -0.4 is 5.32 Å². The molecule has 2 heterocycles. The van der Waals surface area contributed by atoms with E-state index >= 15 is 0 Å². The van der Waals surface area contributed by atoms with Crippen LogP contribution in [0.1, 0.15) is 61.0 Å². The lowest BCUT2D eigenvalue weighted by Crippen LogP contribution is -2.29. The van der Waals surface area contributed by atoms with E-state index in [0.717, 1.165) is 29.6 Å². The van der Waals surface area contributed by atoms with Gasteiger partial charge in [-0.25, -0.2) is 0 Å². The van der Waals surface area contributed by atoms with E-state index < -0.39 is 0 Å². The zero-order valence-electron chi connectivity index (χ0n) is 13.6. The molecule has 1 unspecified atom stereocenters. The van der Waals surface area contributed by atoms with Crippen molar-refractivity contribution in [2.24, 2.45) is 0 Å². The summed E-state index contributed by atoms with van der Waals surface area (Å²) in [5.74, 6) is 0.594. The maximum atomic E-state index is 12.6. The summed E-state index contributed by atoms with van der Waals surface area (Å²) >= 11 is 0. The molecule has 0 bridgehead atoms. The maximum absolute atomic E-state index is 12.6. The van der Waals surface area contributed by atoms with Gasteiger partial charge in [-0.2, -0.15) is 5.10 Å². The number of aromatic amines is 1. The molecule has 2 N–H and O–H groups in total. The molecule has 1 fully saturated rings. The first-order valence-electron chi connectivity index (χ1n) is 8.37. The van der Waals surface area contributed by atoms with Crippen LogP contribution in [-0.4, -0.2) is 30.9 Å². The largest absolute Gasteiger partial charge is 0.341 e. The number of carbonyl (C=O) groups excluding carboxylic acids is 1. The number of nitrogens with zero attached hydrogens (tertiary/aromatic N) is 4. The van der Waals surface area contributed by atoms with Crippen molar-refractivity contribution in [1.29, 1.82) is 0 Å². The Hall–Kier alpha value is -2.70. The Balaban J connectivity index is 1.55. The fraction of sp³-hybridized carbons (Fsp3) is 0.412. The molecule has 0 aliphatic heterocycles. The predicted molar refractivity (Wildman–Crippen MR) is 89.5 cm³/mol. The van der Waals surface area contributed by atoms with Crippen molar-refractivity contribution in [1.82, 2.24) is 30.3 Å². The second-order valence-corrected chi connectivity index (χ2v) is 6.35. The van der Waals surface area contributed by atoms with Gasteiger partial charge in [0.1, 0.15) is 6.33 Å². The van der Waals surface area contributed by atoms with Gasteiger partial charge in [-0.15, -0.1) is 10.2 Å². The van der Waals surface area contributed by atoms with Gasteiger partial charge in [0, 0.05) is 11.4 Å². The van der Waals surface area contributed by atoms with Gasteiger partial charge in [-0.1, -0.05) is 31.0 Å². The van der Waals surface area contributed by atoms with Gasteiger partial charge in [0.05, 0.1) is 11.6 Å². The molecule has 0 radical (unpaired) electrons. The van der Waals surface area contributed by atoms with Gasteiger partial charge in [-0.05, 0) is 25.8 Å². The summed E-state index contributed by atoms with van der Waals surface area (Å²) in [5, 5.41) is 19.1. The highest BCUT2D eigenvalue weighted by atomic mass is 16.2. The minimum Gasteiger partial charge on any atom is -0.341 e. The molecule has 4 rings (SSSR count). The van der Waals surface area contributed by atoms with Crippen LogP contribution in [0.3, 0.4) is 0 Å². The molecule has 1 aromatic carbocycles. The lowest BCUT2D eigenvalue weighted by Gasteiger charge is -2.18. The molecule has 0 saturated heterocycles. The van der Waals surface area contributed by atoms with Crippen LogP contribution in [0.4, 0.5) is 0 Å². The van der Waals surface area contributed by atoms with Crippen molar-refractivity contribution in [3.05, 3.63) is 42.1 Å². The number of hydrogen-bond donors (Lipinski definition) is 2. The molecule has 124 valence electrons. The monoisotopic (exact) mass is 324 g/mol. The number of amides is 1. The summed E-state index contributed by atoms with van der Waals surface area (Å²) in [4.78, 5) is 12.6. The van der Waals surface area contributed by atoms with Gasteiger partial charge < -0.3 is 9.88 Å². The number of aromatic nitrogens is 5.